The Bertz CT molecular complexity index is 791. The second-order valence-electron chi connectivity index (χ2n) is 6.83. The third kappa shape index (κ3) is 6.08. The molecule has 1 atom stereocenters. The molecule has 0 aliphatic heterocycles. The summed E-state index contributed by atoms with van der Waals surface area (Å²) in [6.07, 6.45) is 1.78. The van der Waals surface area contributed by atoms with E-state index in [4.69, 9.17) is 0 Å². The second-order valence-corrected chi connectivity index (χ2v) is 6.83. The van der Waals surface area contributed by atoms with E-state index in [-0.39, 0.29) is 6.04 Å². The molecule has 27 heavy (non-hydrogen) atoms. The molecule has 0 aliphatic carbocycles. The van der Waals surface area contributed by atoms with E-state index in [0.29, 0.717) is 6.54 Å². The molecular formula is C24H26N2O. The maximum atomic E-state index is 12.5. The molecule has 0 fully saturated rings. The molecule has 3 aromatic carbocycles. The Morgan fingerprint density at radius 1 is 0.741 bits per heavy atom. The molecule has 3 heteroatoms. The van der Waals surface area contributed by atoms with Gasteiger partial charge in [0.05, 0.1) is 6.04 Å². The molecule has 0 heterocycles. The van der Waals surface area contributed by atoms with Crippen molar-refractivity contribution < 1.29 is 4.74 Å². The van der Waals surface area contributed by atoms with E-state index in [9.17, 15) is 5.21 Å². The lowest BCUT2D eigenvalue weighted by Gasteiger charge is -2.26. The van der Waals surface area contributed by atoms with Gasteiger partial charge in [0.1, 0.15) is 0 Å². The normalized spacial score (nSPS) is 12.9. The molecule has 3 aromatic rings. The molecule has 0 saturated carbocycles. The zero-order valence-corrected chi connectivity index (χ0v) is 15.7. The lowest BCUT2D eigenvalue weighted by molar-refractivity contribution is -0.472. The van der Waals surface area contributed by atoms with Crippen LogP contribution in [0.5, 0.6) is 0 Å². The molecule has 0 amide bonds. The standard InChI is InChI=1S/C24H26N2O/c1-21(17-26(27)20-24-15-9-4-10-16-24)25(18-22-11-5-2-6-12-22)19-23-13-7-3-8-14-23/h2-17,21H,18-20H2,1H3/b26-17+/t21-/m0/s1. The summed E-state index contributed by atoms with van der Waals surface area (Å²) in [4.78, 5) is 2.32. The van der Waals surface area contributed by atoms with Crippen LogP contribution in [0.25, 0.3) is 0 Å². The van der Waals surface area contributed by atoms with Gasteiger partial charge in [-0.1, -0.05) is 91.0 Å². The molecule has 3 rings (SSSR count). The van der Waals surface area contributed by atoms with Gasteiger partial charge < -0.3 is 5.21 Å². The van der Waals surface area contributed by atoms with E-state index in [1.807, 2.05) is 42.5 Å². The first-order valence-corrected chi connectivity index (χ1v) is 9.35. The quantitative estimate of drug-likeness (QED) is 0.249. The molecular weight excluding hydrogens is 332 g/mol. The van der Waals surface area contributed by atoms with Gasteiger partial charge in [0, 0.05) is 18.7 Å². The van der Waals surface area contributed by atoms with Crippen LogP contribution in [-0.2, 0) is 19.6 Å². The van der Waals surface area contributed by atoms with E-state index < -0.39 is 0 Å². The van der Waals surface area contributed by atoms with Crippen molar-refractivity contribution in [1.29, 1.82) is 0 Å². The van der Waals surface area contributed by atoms with Crippen molar-refractivity contribution in [3.8, 4) is 0 Å². The molecule has 0 bridgehead atoms. The Kier molecular flexibility index (Phi) is 6.78. The first-order chi connectivity index (χ1) is 13.2. The predicted molar refractivity (Wildman–Crippen MR) is 111 cm³/mol. The van der Waals surface area contributed by atoms with Crippen molar-refractivity contribution in [3.05, 3.63) is 113 Å². The molecule has 0 saturated heterocycles. The minimum atomic E-state index is 0.0200. The van der Waals surface area contributed by atoms with Gasteiger partial charge in [-0.15, -0.1) is 0 Å². The summed E-state index contributed by atoms with van der Waals surface area (Å²) in [6, 6.07) is 30.7. The van der Waals surface area contributed by atoms with Crippen LogP contribution in [0.15, 0.2) is 91.0 Å². The summed E-state index contributed by atoms with van der Waals surface area (Å²) in [5, 5.41) is 12.5. The topological polar surface area (TPSA) is 29.3 Å². The van der Waals surface area contributed by atoms with Gasteiger partial charge in [0.15, 0.2) is 12.8 Å². The summed E-state index contributed by atoms with van der Waals surface area (Å²) in [6.45, 7) is 4.05. The Labute approximate surface area is 161 Å². The van der Waals surface area contributed by atoms with Crippen LogP contribution in [-0.4, -0.2) is 21.9 Å². The highest BCUT2D eigenvalue weighted by Gasteiger charge is 2.16. The fourth-order valence-electron chi connectivity index (χ4n) is 3.13. The first-order valence-electron chi connectivity index (χ1n) is 9.35. The molecule has 0 aliphatic rings. The highest BCUT2D eigenvalue weighted by molar-refractivity contribution is 5.58. The van der Waals surface area contributed by atoms with Crippen molar-refractivity contribution in [2.24, 2.45) is 0 Å². The summed E-state index contributed by atoms with van der Waals surface area (Å²) in [7, 11) is 0. The minimum absolute atomic E-state index is 0.0200. The fraction of sp³-hybridized carbons (Fsp3) is 0.208. The third-order valence-corrected chi connectivity index (χ3v) is 4.60. The van der Waals surface area contributed by atoms with E-state index in [2.05, 4.69) is 60.4 Å². The highest BCUT2D eigenvalue weighted by atomic mass is 16.5. The highest BCUT2D eigenvalue weighted by Crippen LogP contribution is 2.13. The van der Waals surface area contributed by atoms with Gasteiger partial charge in [-0.3, -0.25) is 4.90 Å². The third-order valence-electron chi connectivity index (χ3n) is 4.60. The largest absolute Gasteiger partial charge is 0.624 e. The SMILES string of the molecule is C[C@@H](/C=[N+](/[O-])Cc1ccccc1)N(Cc1ccccc1)Cc1ccccc1. The van der Waals surface area contributed by atoms with E-state index in [0.717, 1.165) is 23.4 Å². The minimum Gasteiger partial charge on any atom is -0.624 e. The lowest BCUT2D eigenvalue weighted by atomic mass is 10.1. The lowest BCUT2D eigenvalue weighted by Crippen LogP contribution is -2.35. The number of hydrogen-bond acceptors (Lipinski definition) is 2. The summed E-state index contributed by atoms with van der Waals surface area (Å²) < 4.78 is 1.04. The van der Waals surface area contributed by atoms with E-state index in [1.165, 1.54) is 11.1 Å². The van der Waals surface area contributed by atoms with Gasteiger partial charge in [-0.05, 0) is 18.1 Å². The zero-order valence-electron chi connectivity index (χ0n) is 15.7. The average Bonchev–Trinajstić information content (AvgIpc) is 2.70. The van der Waals surface area contributed by atoms with Gasteiger partial charge in [-0.25, -0.2) is 4.74 Å². The van der Waals surface area contributed by atoms with Gasteiger partial charge in [0.25, 0.3) is 0 Å². The Morgan fingerprint density at radius 2 is 1.15 bits per heavy atom. The molecule has 3 nitrogen and oxygen atoms in total. The number of benzene rings is 3. The smallest absolute Gasteiger partial charge is 0.178 e. The Balaban J connectivity index is 1.74. The maximum absolute atomic E-state index is 12.5. The van der Waals surface area contributed by atoms with Crippen molar-refractivity contribution in [1.82, 2.24) is 4.90 Å². The number of nitrogens with zero attached hydrogens (tertiary/aromatic N) is 2. The van der Waals surface area contributed by atoms with Crippen LogP contribution >= 0.6 is 0 Å². The number of hydroxylamine groups is 1. The fourth-order valence-corrected chi connectivity index (χ4v) is 3.13. The Morgan fingerprint density at radius 3 is 1.59 bits per heavy atom. The van der Waals surface area contributed by atoms with Crippen molar-refractivity contribution in [2.75, 3.05) is 0 Å². The Hall–Kier alpha value is -2.91. The van der Waals surface area contributed by atoms with Crippen LogP contribution in [0.3, 0.4) is 0 Å². The van der Waals surface area contributed by atoms with Crippen LogP contribution in [0, 0.1) is 5.21 Å². The van der Waals surface area contributed by atoms with Crippen LogP contribution in [0.2, 0.25) is 0 Å². The number of rotatable bonds is 8. The average molecular weight is 358 g/mol. The van der Waals surface area contributed by atoms with Crippen LogP contribution in [0.4, 0.5) is 0 Å². The zero-order chi connectivity index (χ0) is 18.9. The van der Waals surface area contributed by atoms with E-state index in [1.54, 1.807) is 6.21 Å². The summed E-state index contributed by atoms with van der Waals surface area (Å²) in [5.74, 6) is 0. The summed E-state index contributed by atoms with van der Waals surface area (Å²) in [5.41, 5.74) is 3.51. The summed E-state index contributed by atoms with van der Waals surface area (Å²) >= 11 is 0. The van der Waals surface area contributed by atoms with E-state index >= 15 is 0 Å². The van der Waals surface area contributed by atoms with Gasteiger partial charge in [0.2, 0.25) is 0 Å². The van der Waals surface area contributed by atoms with Crippen LogP contribution in [0.1, 0.15) is 23.6 Å². The first kappa shape index (κ1) is 18.9. The predicted octanol–water partition coefficient (Wildman–Crippen LogP) is 4.86. The molecule has 0 N–H and O–H groups in total. The molecule has 0 radical (unpaired) electrons. The number of hydrogen-bond donors (Lipinski definition) is 0. The molecule has 138 valence electrons. The molecule has 0 aromatic heterocycles. The van der Waals surface area contributed by atoms with Crippen molar-refractivity contribution in [2.45, 2.75) is 32.6 Å². The monoisotopic (exact) mass is 358 g/mol. The van der Waals surface area contributed by atoms with Crippen molar-refractivity contribution in [3.63, 3.8) is 0 Å². The van der Waals surface area contributed by atoms with Crippen molar-refractivity contribution >= 4 is 6.21 Å². The van der Waals surface area contributed by atoms with Gasteiger partial charge in [-0.2, -0.15) is 0 Å². The van der Waals surface area contributed by atoms with Gasteiger partial charge >= 0.3 is 0 Å². The molecule has 0 spiro atoms. The molecule has 0 unspecified atom stereocenters. The maximum Gasteiger partial charge on any atom is 0.178 e. The second kappa shape index (κ2) is 9.70. The van der Waals surface area contributed by atoms with Crippen LogP contribution < -0.4 is 0 Å².